The number of aryl methyl sites for hydroxylation is 3. The summed E-state index contributed by atoms with van der Waals surface area (Å²) in [4.78, 5) is 37.4. The zero-order valence-corrected chi connectivity index (χ0v) is 22.0. The number of hydrogen-bond acceptors (Lipinski definition) is 6. The van der Waals surface area contributed by atoms with Crippen molar-refractivity contribution >= 4 is 43.3 Å². The molecule has 2 heterocycles. The summed E-state index contributed by atoms with van der Waals surface area (Å²) in [6.07, 6.45) is 0. The van der Waals surface area contributed by atoms with Crippen molar-refractivity contribution in [1.82, 2.24) is 18.3 Å². The molecule has 0 spiro atoms. The van der Waals surface area contributed by atoms with E-state index in [9.17, 15) is 22.8 Å². The molecule has 0 saturated heterocycles. The van der Waals surface area contributed by atoms with Crippen molar-refractivity contribution in [3.8, 4) is 0 Å². The van der Waals surface area contributed by atoms with Gasteiger partial charge in [0.05, 0.1) is 38.2 Å². The fourth-order valence-corrected chi connectivity index (χ4v) is 5.61. The van der Waals surface area contributed by atoms with Crippen molar-refractivity contribution in [2.75, 3.05) is 10.0 Å². The van der Waals surface area contributed by atoms with Crippen LogP contribution in [0.25, 0.3) is 21.9 Å². The fraction of sp³-hybridized carbons (Fsp3) is 0.192. The maximum atomic E-state index is 13.5. The van der Waals surface area contributed by atoms with E-state index in [1.165, 1.54) is 46.0 Å². The molecule has 0 radical (unpaired) electrons. The zero-order chi connectivity index (χ0) is 27.4. The summed E-state index contributed by atoms with van der Waals surface area (Å²) in [7, 11) is 1.95. The molecule has 11 nitrogen and oxygen atoms in total. The summed E-state index contributed by atoms with van der Waals surface area (Å²) in [6.45, 7) is 0.419. The van der Waals surface area contributed by atoms with Crippen LogP contribution in [-0.2, 0) is 44.8 Å². The van der Waals surface area contributed by atoms with E-state index < -0.39 is 21.3 Å². The second-order valence-electron chi connectivity index (χ2n) is 9.12. The predicted molar refractivity (Wildman–Crippen MR) is 147 cm³/mol. The van der Waals surface area contributed by atoms with Gasteiger partial charge in [-0.15, -0.1) is 0 Å². The fourth-order valence-electron chi connectivity index (χ4n) is 4.51. The van der Waals surface area contributed by atoms with Crippen LogP contribution in [0.2, 0.25) is 0 Å². The Morgan fingerprint density at radius 3 is 1.92 bits per heavy atom. The number of rotatable bonds is 6. The molecule has 2 aromatic heterocycles. The third-order valence-electron chi connectivity index (χ3n) is 6.73. The second kappa shape index (κ2) is 9.06. The molecule has 12 heteroatoms. The molecule has 0 aliphatic rings. The average Bonchev–Trinajstić information content (AvgIpc) is 3.12. The lowest BCUT2D eigenvalue weighted by Gasteiger charge is -2.16. The van der Waals surface area contributed by atoms with E-state index >= 15 is 0 Å². The number of sulfonamides is 1. The minimum Gasteiger partial charge on any atom is -0.379 e. The Morgan fingerprint density at radius 1 is 0.684 bits per heavy atom. The summed E-state index contributed by atoms with van der Waals surface area (Å²) in [6, 6.07) is 17.0. The van der Waals surface area contributed by atoms with E-state index in [4.69, 9.17) is 0 Å². The molecule has 0 unspecified atom stereocenters. The summed E-state index contributed by atoms with van der Waals surface area (Å²) >= 11 is 0. The second-order valence-corrected chi connectivity index (χ2v) is 10.8. The van der Waals surface area contributed by atoms with Gasteiger partial charge >= 0.3 is 11.4 Å². The Hall–Kier alpha value is -4.58. The summed E-state index contributed by atoms with van der Waals surface area (Å²) < 4.78 is 34.8. The van der Waals surface area contributed by atoms with Crippen LogP contribution >= 0.6 is 0 Å². The Kier molecular flexibility index (Phi) is 5.98. The highest BCUT2D eigenvalue weighted by Crippen LogP contribution is 2.31. The molecular weight excluding hydrogens is 508 g/mol. The van der Waals surface area contributed by atoms with E-state index in [2.05, 4.69) is 10.0 Å². The summed E-state index contributed by atoms with van der Waals surface area (Å²) in [5.74, 6) is 0. The third-order valence-corrected chi connectivity index (χ3v) is 8.09. The van der Waals surface area contributed by atoms with Crippen LogP contribution in [0.15, 0.2) is 79.9 Å². The minimum absolute atomic E-state index is 0.0980. The Labute approximate surface area is 217 Å². The van der Waals surface area contributed by atoms with Gasteiger partial charge in [0.25, 0.3) is 15.6 Å². The number of imidazole rings is 1. The van der Waals surface area contributed by atoms with Gasteiger partial charge in [0.2, 0.25) is 0 Å². The quantitative estimate of drug-likeness (QED) is 0.342. The van der Waals surface area contributed by atoms with Gasteiger partial charge in [-0.2, -0.15) is 0 Å². The van der Waals surface area contributed by atoms with Gasteiger partial charge in [-0.25, -0.2) is 18.0 Å². The molecule has 2 N–H and O–H groups in total. The molecule has 0 aliphatic carbocycles. The highest BCUT2D eigenvalue weighted by Gasteiger charge is 2.21. The van der Waals surface area contributed by atoms with Crippen LogP contribution in [0.5, 0.6) is 0 Å². The van der Waals surface area contributed by atoms with Gasteiger partial charge in [0.1, 0.15) is 0 Å². The van der Waals surface area contributed by atoms with Gasteiger partial charge in [-0.3, -0.25) is 27.8 Å². The Bertz CT molecular complexity index is 2020. The van der Waals surface area contributed by atoms with E-state index in [1.54, 1.807) is 26.2 Å². The number of aromatic nitrogens is 4. The van der Waals surface area contributed by atoms with E-state index in [-0.39, 0.29) is 21.7 Å². The number of nitrogens with one attached hydrogen (secondary N) is 2. The molecule has 0 aliphatic heterocycles. The SMILES string of the molecule is Cn1c(=O)c2cc(S(=O)(=O)Nc3cc4c(cc3NCc3ccccc3)n(C)c(=O)n4C)ccc2n(C)c1=O. The third kappa shape index (κ3) is 4.08. The molecule has 0 fully saturated rings. The zero-order valence-electron chi connectivity index (χ0n) is 21.2. The highest BCUT2D eigenvalue weighted by molar-refractivity contribution is 7.92. The van der Waals surface area contributed by atoms with Crippen molar-refractivity contribution < 1.29 is 8.42 Å². The van der Waals surface area contributed by atoms with Crippen LogP contribution < -0.4 is 27.0 Å². The van der Waals surface area contributed by atoms with Gasteiger partial charge < -0.3 is 5.32 Å². The maximum Gasteiger partial charge on any atom is 0.330 e. The van der Waals surface area contributed by atoms with Crippen molar-refractivity contribution in [3.63, 3.8) is 0 Å². The molecule has 38 heavy (non-hydrogen) atoms. The van der Waals surface area contributed by atoms with Crippen LogP contribution in [-0.4, -0.2) is 26.7 Å². The number of nitrogens with zero attached hydrogens (tertiary/aromatic N) is 4. The Morgan fingerprint density at radius 2 is 1.26 bits per heavy atom. The van der Waals surface area contributed by atoms with E-state index in [1.807, 2.05) is 30.3 Å². The lowest BCUT2D eigenvalue weighted by atomic mass is 10.2. The van der Waals surface area contributed by atoms with E-state index in [0.29, 0.717) is 28.8 Å². The van der Waals surface area contributed by atoms with Gasteiger partial charge in [-0.05, 0) is 35.9 Å². The highest BCUT2D eigenvalue weighted by atomic mass is 32.2. The van der Waals surface area contributed by atoms with Crippen LogP contribution in [0, 0.1) is 0 Å². The van der Waals surface area contributed by atoms with Crippen molar-refractivity contribution in [3.05, 3.63) is 97.5 Å². The van der Waals surface area contributed by atoms with Crippen molar-refractivity contribution in [2.45, 2.75) is 11.4 Å². The molecular formula is C26H26N6O5S. The largest absolute Gasteiger partial charge is 0.379 e. The Balaban J connectivity index is 1.62. The number of benzene rings is 3. The monoisotopic (exact) mass is 534 g/mol. The lowest BCUT2D eigenvalue weighted by Crippen LogP contribution is -2.37. The number of fused-ring (bicyclic) bond motifs is 2. The summed E-state index contributed by atoms with van der Waals surface area (Å²) in [5.41, 5.74) is 1.85. The maximum absolute atomic E-state index is 13.5. The average molecular weight is 535 g/mol. The molecule has 196 valence electrons. The van der Waals surface area contributed by atoms with E-state index in [0.717, 1.165) is 10.1 Å². The molecule has 5 aromatic rings. The lowest BCUT2D eigenvalue weighted by molar-refractivity contribution is 0.601. The molecule has 0 amide bonds. The first-order chi connectivity index (χ1) is 18.0. The summed E-state index contributed by atoms with van der Waals surface area (Å²) in [5, 5.41) is 3.37. The molecule has 3 aromatic carbocycles. The molecule has 0 atom stereocenters. The number of hydrogen-bond donors (Lipinski definition) is 2. The normalized spacial score (nSPS) is 11.8. The standard InChI is InChI=1S/C26H26N6O5S/c1-29-21-11-10-17(12-18(21)24(33)32(4)26(29)35)38(36,37)28-20-14-23-22(30(2)25(34)31(23)3)13-19(20)27-15-16-8-6-5-7-9-16/h5-14,27-28H,15H2,1-4H3. The number of anilines is 2. The first kappa shape index (κ1) is 25.1. The van der Waals surface area contributed by atoms with Crippen LogP contribution in [0.3, 0.4) is 0 Å². The van der Waals surface area contributed by atoms with Crippen LogP contribution in [0.1, 0.15) is 5.56 Å². The van der Waals surface area contributed by atoms with Gasteiger partial charge in [-0.1, -0.05) is 30.3 Å². The minimum atomic E-state index is -4.17. The topological polar surface area (TPSA) is 129 Å². The molecule has 5 rings (SSSR count). The molecule has 0 bridgehead atoms. The van der Waals surface area contributed by atoms with Crippen molar-refractivity contribution in [2.24, 2.45) is 28.2 Å². The van der Waals surface area contributed by atoms with Crippen molar-refractivity contribution in [1.29, 1.82) is 0 Å². The first-order valence-corrected chi connectivity index (χ1v) is 13.2. The predicted octanol–water partition coefficient (Wildman–Crippen LogP) is 1.84. The first-order valence-electron chi connectivity index (χ1n) is 11.7. The molecule has 0 saturated carbocycles. The van der Waals surface area contributed by atoms with Gasteiger partial charge in [0, 0.05) is 34.7 Å². The smallest absolute Gasteiger partial charge is 0.330 e. The van der Waals surface area contributed by atoms with Crippen LogP contribution in [0.4, 0.5) is 11.4 Å². The van der Waals surface area contributed by atoms with Gasteiger partial charge in [0.15, 0.2) is 0 Å².